The molecular formula is C24H23F3N2O5. The molecule has 0 aromatic heterocycles. The third kappa shape index (κ3) is 4.44. The van der Waals surface area contributed by atoms with Crippen molar-refractivity contribution in [2.24, 2.45) is 11.8 Å². The van der Waals surface area contributed by atoms with Crippen LogP contribution in [-0.2, 0) is 14.3 Å². The van der Waals surface area contributed by atoms with E-state index >= 15 is 0 Å². The summed E-state index contributed by atoms with van der Waals surface area (Å²) in [5, 5.41) is 10.8. The number of benzene rings is 2. The summed E-state index contributed by atoms with van der Waals surface area (Å²) < 4.78 is 46.1. The third-order valence-corrected chi connectivity index (χ3v) is 6.42. The molecular weight excluding hydrogens is 453 g/mol. The summed E-state index contributed by atoms with van der Waals surface area (Å²) in [7, 11) is 0. The Bertz CT molecular complexity index is 1070. The number of nitrogens with one attached hydrogen (secondary N) is 1. The van der Waals surface area contributed by atoms with Crippen LogP contribution in [0.4, 0.5) is 18.0 Å². The van der Waals surface area contributed by atoms with Crippen molar-refractivity contribution in [1.82, 2.24) is 10.2 Å². The molecule has 1 heterocycles. The number of aliphatic carboxylic acids is 1. The number of hydrogen-bond donors (Lipinski definition) is 2. The van der Waals surface area contributed by atoms with Crippen molar-refractivity contribution in [2.75, 3.05) is 19.7 Å². The Hall–Kier alpha value is -3.56. The molecule has 10 heteroatoms. The van der Waals surface area contributed by atoms with Crippen molar-refractivity contribution in [2.45, 2.75) is 25.1 Å². The molecule has 3 atom stereocenters. The van der Waals surface area contributed by atoms with Crippen LogP contribution in [0, 0.1) is 11.8 Å². The molecule has 2 N–H and O–H groups in total. The molecule has 7 nitrogen and oxygen atoms in total. The van der Waals surface area contributed by atoms with Gasteiger partial charge in [-0.05, 0) is 28.2 Å². The number of likely N-dealkylation sites (tertiary alicyclic amines) is 1. The molecule has 0 bridgehead atoms. The molecule has 4 rings (SSSR count). The van der Waals surface area contributed by atoms with E-state index in [1.165, 1.54) is 0 Å². The van der Waals surface area contributed by atoms with E-state index in [1.54, 1.807) is 12.2 Å². The highest BCUT2D eigenvalue weighted by Crippen LogP contribution is 2.44. The van der Waals surface area contributed by atoms with Crippen LogP contribution in [0.5, 0.6) is 0 Å². The van der Waals surface area contributed by atoms with Crippen LogP contribution < -0.4 is 5.32 Å². The van der Waals surface area contributed by atoms with E-state index < -0.39 is 42.0 Å². The normalized spacial score (nSPS) is 20.4. The van der Waals surface area contributed by atoms with Crippen LogP contribution in [0.3, 0.4) is 0 Å². The minimum absolute atomic E-state index is 0.144. The fraction of sp³-hybridized carbons (Fsp3) is 0.375. The second-order valence-electron chi connectivity index (χ2n) is 8.61. The number of alkyl halides is 3. The maximum Gasteiger partial charge on any atom is 0.417 e. The van der Waals surface area contributed by atoms with Gasteiger partial charge in [-0.25, -0.2) is 4.79 Å². The lowest BCUT2D eigenvalue weighted by atomic mass is 9.98. The van der Waals surface area contributed by atoms with Crippen LogP contribution in [-0.4, -0.2) is 59.9 Å². The number of carbonyl (C=O) groups excluding carboxylic acids is 2. The van der Waals surface area contributed by atoms with Gasteiger partial charge in [0.1, 0.15) is 6.61 Å². The van der Waals surface area contributed by atoms with Gasteiger partial charge in [0, 0.05) is 19.0 Å². The Balaban J connectivity index is 1.45. The van der Waals surface area contributed by atoms with Gasteiger partial charge in [0.2, 0.25) is 6.04 Å². The van der Waals surface area contributed by atoms with Gasteiger partial charge in [-0.3, -0.25) is 9.59 Å². The molecule has 0 radical (unpaired) electrons. The Morgan fingerprint density at radius 2 is 1.62 bits per heavy atom. The molecule has 1 fully saturated rings. The number of carboxylic acids is 1. The number of ether oxygens (including phenoxy) is 1. The number of nitrogens with zero attached hydrogens (tertiary/aromatic N) is 1. The standard InChI is InChI=1S/C24H23F3N2O5/c1-13-10-29(11-18(13)22(31)32)21(30)20(24(25,26)27)28-23(33)34-12-19-16-8-4-2-6-14(16)15-7-3-5-9-17(15)19/h2-9,13,18-20H,10-12H2,1H3,(H,28,33)(H,31,32). The predicted molar refractivity (Wildman–Crippen MR) is 115 cm³/mol. The van der Waals surface area contributed by atoms with Gasteiger partial charge in [-0.1, -0.05) is 55.5 Å². The first-order valence-corrected chi connectivity index (χ1v) is 10.8. The molecule has 180 valence electrons. The van der Waals surface area contributed by atoms with Crippen molar-refractivity contribution >= 4 is 18.0 Å². The minimum Gasteiger partial charge on any atom is -0.481 e. The van der Waals surface area contributed by atoms with Crippen molar-refractivity contribution in [3.63, 3.8) is 0 Å². The lowest BCUT2D eigenvalue weighted by molar-refractivity contribution is -0.174. The van der Waals surface area contributed by atoms with Crippen molar-refractivity contribution < 1.29 is 37.4 Å². The number of hydrogen-bond acceptors (Lipinski definition) is 4. The summed E-state index contributed by atoms with van der Waals surface area (Å²) in [6.45, 7) is 0.844. The smallest absolute Gasteiger partial charge is 0.417 e. The number of carboxylic acid groups (broad SMARTS) is 1. The van der Waals surface area contributed by atoms with Crippen LogP contribution in [0.2, 0.25) is 0 Å². The lowest BCUT2D eigenvalue weighted by Crippen LogP contribution is -2.56. The highest BCUT2D eigenvalue weighted by Gasteiger charge is 2.50. The van der Waals surface area contributed by atoms with Gasteiger partial charge in [0.05, 0.1) is 5.92 Å². The Kier molecular flexibility index (Phi) is 6.24. The maximum atomic E-state index is 13.6. The molecule has 1 saturated heterocycles. The number of fused-ring (bicyclic) bond motifs is 3. The average molecular weight is 476 g/mol. The van der Waals surface area contributed by atoms with Crippen molar-refractivity contribution in [3.8, 4) is 11.1 Å². The van der Waals surface area contributed by atoms with Crippen molar-refractivity contribution in [1.29, 1.82) is 0 Å². The van der Waals surface area contributed by atoms with Gasteiger partial charge in [-0.2, -0.15) is 13.2 Å². The number of rotatable bonds is 5. The molecule has 1 aliphatic heterocycles. The molecule has 2 aromatic rings. The summed E-state index contributed by atoms with van der Waals surface area (Å²) in [4.78, 5) is 37.0. The zero-order valence-electron chi connectivity index (χ0n) is 18.2. The van der Waals surface area contributed by atoms with Crippen LogP contribution in [0.15, 0.2) is 48.5 Å². The van der Waals surface area contributed by atoms with Gasteiger partial charge >= 0.3 is 18.2 Å². The highest BCUT2D eigenvalue weighted by molar-refractivity contribution is 5.87. The molecule has 2 aliphatic rings. The average Bonchev–Trinajstić information content (AvgIpc) is 3.33. The SMILES string of the molecule is CC1CN(C(=O)C(NC(=O)OCC2c3ccccc3-c3ccccc32)C(F)(F)F)CC1C(=O)O. The summed E-state index contributed by atoms with van der Waals surface area (Å²) >= 11 is 0. The van der Waals surface area contributed by atoms with Crippen molar-refractivity contribution in [3.05, 3.63) is 59.7 Å². The largest absolute Gasteiger partial charge is 0.481 e. The Labute approximate surface area is 193 Å². The monoisotopic (exact) mass is 476 g/mol. The van der Waals surface area contributed by atoms with E-state index in [0.29, 0.717) is 0 Å². The summed E-state index contributed by atoms with van der Waals surface area (Å²) in [6.07, 6.45) is -6.45. The van der Waals surface area contributed by atoms with Gasteiger partial charge in [0.25, 0.3) is 5.91 Å². The Morgan fingerprint density at radius 1 is 1.06 bits per heavy atom. The van der Waals surface area contributed by atoms with Crippen LogP contribution in [0.1, 0.15) is 24.0 Å². The number of amides is 2. The maximum absolute atomic E-state index is 13.6. The Morgan fingerprint density at radius 3 is 2.12 bits per heavy atom. The van der Waals surface area contributed by atoms with E-state index in [2.05, 4.69) is 0 Å². The van der Waals surface area contributed by atoms with E-state index in [-0.39, 0.29) is 25.6 Å². The molecule has 0 saturated carbocycles. The molecule has 2 aromatic carbocycles. The second-order valence-corrected chi connectivity index (χ2v) is 8.61. The summed E-state index contributed by atoms with van der Waals surface area (Å²) in [5.41, 5.74) is 3.72. The van der Waals surface area contributed by atoms with Gasteiger partial charge in [0.15, 0.2) is 0 Å². The number of halogens is 3. The molecule has 0 spiro atoms. The molecule has 3 unspecified atom stereocenters. The van der Waals surface area contributed by atoms with E-state index in [4.69, 9.17) is 4.74 Å². The van der Waals surface area contributed by atoms with E-state index in [0.717, 1.165) is 27.2 Å². The predicted octanol–water partition coefficient (Wildman–Crippen LogP) is 3.64. The van der Waals surface area contributed by atoms with Gasteiger partial charge in [-0.15, -0.1) is 0 Å². The second kappa shape index (κ2) is 9.00. The van der Waals surface area contributed by atoms with Crippen LogP contribution >= 0.6 is 0 Å². The summed E-state index contributed by atoms with van der Waals surface area (Å²) in [5.74, 6) is -4.42. The number of alkyl carbamates (subject to hydrolysis) is 1. The minimum atomic E-state index is -5.08. The highest BCUT2D eigenvalue weighted by atomic mass is 19.4. The fourth-order valence-corrected chi connectivity index (χ4v) is 4.69. The summed E-state index contributed by atoms with van der Waals surface area (Å²) in [6, 6.07) is 12.2. The topological polar surface area (TPSA) is 95.9 Å². The van der Waals surface area contributed by atoms with Crippen LogP contribution in [0.25, 0.3) is 11.1 Å². The zero-order chi connectivity index (χ0) is 24.6. The van der Waals surface area contributed by atoms with E-state index in [9.17, 15) is 32.7 Å². The zero-order valence-corrected chi connectivity index (χ0v) is 18.2. The quantitative estimate of drug-likeness (QED) is 0.687. The van der Waals surface area contributed by atoms with E-state index in [1.807, 2.05) is 48.5 Å². The first-order chi connectivity index (χ1) is 16.1. The lowest BCUT2D eigenvalue weighted by Gasteiger charge is -2.26. The van der Waals surface area contributed by atoms with Gasteiger partial charge < -0.3 is 20.1 Å². The first kappa shape index (κ1) is 23.6. The molecule has 1 aliphatic carbocycles. The first-order valence-electron chi connectivity index (χ1n) is 10.8. The number of carbonyl (C=O) groups is 3. The third-order valence-electron chi connectivity index (χ3n) is 6.42. The fourth-order valence-electron chi connectivity index (χ4n) is 4.69. The molecule has 2 amide bonds. The molecule has 34 heavy (non-hydrogen) atoms.